The summed E-state index contributed by atoms with van der Waals surface area (Å²) in [6, 6.07) is 0. The summed E-state index contributed by atoms with van der Waals surface area (Å²) in [5.74, 6) is 0.334. The Bertz CT molecular complexity index is 228. The number of rotatable bonds is 3. The highest BCUT2D eigenvalue weighted by Gasteiger charge is 2.38. The average Bonchev–Trinajstić information content (AvgIpc) is 2.12. The lowest BCUT2D eigenvalue weighted by atomic mass is 9.78. The predicted molar refractivity (Wildman–Crippen MR) is 62.1 cm³/mol. The molecule has 0 aliphatic heterocycles. The van der Waals surface area contributed by atoms with Crippen molar-refractivity contribution in [2.45, 2.75) is 57.2 Å². The molecule has 4 heteroatoms. The van der Waals surface area contributed by atoms with Gasteiger partial charge in [-0.25, -0.2) is 0 Å². The molecular formula is C11H20O3S. The van der Waals surface area contributed by atoms with Crippen LogP contribution in [0.1, 0.15) is 46.0 Å². The van der Waals surface area contributed by atoms with Crippen LogP contribution in [0.5, 0.6) is 0 Å². The third-order valence-corrected chi connectivity index (χ3v) is 3.28. The monoisotopic (exact) mass is 232 g/mol. The zero-order valence-corrected chi connectivity index (χ0v) is 10.3. The minimum Gasteiger partial charge on any atom is -0.459 e. The standard InChI is InChI=1S/C11H20O3S/c1-10(13)4-6-11(2,7-5-10)14-9(12)3-8-15/h13,15H,3-8H2,1-2H3. The molecule has 1 aliphatic carbocycles. The van der Waals surface area contributed by atoms with E-state index in [1.807, 2.05) is 13.8 Å². The SMILES string of the molecule is CC1(O)CCC(C)(OC(=O)CCS)CC1. The van der Waals surface area contributed by atoms with Crippen molar-refractivity contribution in [3.05, 3.63) is 0 Å². The molecule has 0 radical (unpaired) electrons. The van der Waals surface area contributed by atoms with Gasteiger partial charge in [0.15, 0.2) is 0 Å². The fraction of sp³-hybridized carbons (Fsp3) is 0.909. The fourth-order valence-electron chi connectivity index (χ4n) is 1.84. The average molecular weight is 232 g/mol. The highest BCUT2D eigenvalue weighted by atomic mass is 32.1. The van der Waals surface area contributed by atoms with Gasteiger partial charge in [-0.1, -0.05) is 0 Å². The molecule has 1 fully saturated rings. The predicted octanol–water partition coefficient (Wildman–Crippen LogP) is 1.93. The third kappa shape index (κ3) is 4.03. The van der Waals surface area contributed by atoms with Crippen molar-refractivity contribution in [2.75, 3.05) is 5.75 Å². The van der Waals surface area contributed by atoms with Gasteiger partial charge < -0.3 is 9.84 Å². The summed E-state index contributed by atoms with van der Waals surface area (Å²) in [5, 5.41) is 9.79. The Balaban J connectivity index is 2.44. The number of aliphatic hydroxyl groups is 1. The molecule has 0 spiro atoms. The van der Waals surface area contributed by atoms with Gasteiger partial charge in [0.05, 0.1) is 12.0 Å². The second-order valence-electron chi connectivity index (χ2n) is 4.89. The van der Waals surface area contributed by atoms with Gasteiger partial charge in [0.25, 0.3) is 0 Å². The Labute approximate surface area is 96.6 Å². The van der Waals surface area contributed by atoms with Crippen molar-refractivity contribution in [1.82, 2.24) is 0 Å². The van der Waals surface area contributed by atoms with E-state index < -0.39 is 5.60 Å². The first-order valence-corrected chi connectivity index (χ1v) is 6.05. The number of carbonyl (C=O) groups excluding carboxylic acids is 1. The van der Waals surface area contributed by atoms with Crippen LogP contribution in [0.4, 0.5) is 0 Å². The van der Waals surface area contributed by atoms with Crippen LogP contribution in [0.2, 0.25) is 0 Å². The van der Waals surface area contributed by atoms with E-state index in [0.29, 0.717) is 25.0 Å². The second kappa shape index (κ2) is 4.74. The number of carbonyl (C=O) groups is 1. The molecule has 0 aromatic carbocycles. The second-order valence-corrected chi connectivity index (χ2v) is 5.34. The molecule has 0 heterocycles. The van der Waals surface area contributed by atoms with Crippen molar-refractivity contribution >= 4 is 18.6 Å². The van der Waals surface area contributed by atoms with Gasteiger partial charge in [-0.2, -0.15) is 12.6 Å². The van der Waals surface area contributed by atoms with Crippen molar-refractivity contribution in [1.29, 1.82) is 0 Å². The van der Waals surface area contributed by atoms with Crippen molar-refractivity contribution in [2.24, 2.45) is 0 Å². The molecule has 1 N–H and O–H groups in total. The molecule has 0 atom stereocenters. The number of thiol groups is 1. The van der Waals surface area contributed by atoms with Crippen LogP contribution in [-0.2, 0) is 9.53 Å². The van der Waals surface area contributed by atoms with E-state index in [0.717, 1.165) is 12.8 Å². The quantitative estimate of drug-likeness (QED) is 0.577. The first-order chi connectivity index (χ1) is 6.87. The lowest BCUT2D eigenvalue weighted by molar-refractivity contribution is -0.165. The number of ether oxygens (including phenoxy) is 1. The summed E-state index contributed by atoms with van der Waals surface area (Å²) in [5.41, 5.74) is -0.974. The molecule has 1 rings (SSSR count). The summed E-state index contributed by atoms with van der Waals surface area (Å²) < 4.78 is 5.41. The van der Waals surface area contributed by atoms with Crippen LogP contribution in [-0.4, -0.2) is 28.0 Å². The topological polar surface area (TPSA) is 46.5 Å². The first kappa shape index (κ1) is 12.8. The molecule has 15 heavy (non-hydrogen) atoms. The van der Waals surface area contributed by atoms with Gasteiger partial charge in [0.2, 0.25) is 0 Å². The lowest BCUT2D eigenvalue weighted by Crippen LogP contribution is -2.42. The summed E-state index contributed by atoms with van der Waals surface area (Å²) in [6.45, 7) is 3.78. The van der Waals surface area contributed by atoms with E-state index in [9.17, 15) is 9.90 Å². The summed E-state index contributed by atoms with van der Waals surface area (Å²) in [6.07, 6.45) is 3.21. The summed E-state index contributed by atoms with van der Waals surface area (Å²) >= 11 is 3.99. The Morgan fingerprint density at radius 1 is 1.33 bits per heavy atom. The van der Waals surface area contributed by atoms with Gasteiger partial charge in [-0.05, 0) is 39.5 Å². The van der Waals surface area contributed by atoms with Gasteiger partial charge in [-0.3, -0.25) is 4.79 Å². The van der Waals surface area contributed by atoms with Crippen LogP contribution >= 0.6 is 12.6 Å². The fourth-order valence-corrected chi connectivity index (χ4v) is 2.02. The molecule has 0 saturated heterocycles. The van der Waals surface area contributed by atoms with Gasteiger partial charge in [0.1, 0.15) is 5.60 Å². The van der Waals surface area contributed by atoms with E-state index in [2.05, 4.69) is 12.6 Å². The Kier molecular flexibility index (Phi) is 4.06. The Morgan fingerprint density at radius 2 is 1.87 bits per heavy atom. The van der Waals surface area contributed by atoms with E-state index in [-0.39, 0.29) is 11.6 Å². The van der Waals surface area contributed by atoms with E-state index in [1.54, 1.807) is 0 Å². The number of hydrogen-bond donors (Lipinski definition) is 2. The molecule has 0 aromatic rings. The third-order valence-electron chi connectivity index (χ3n) is 3.06. The Hall–Kier alpha value is -0.220. The molecular weight excluding hydrogens is 212 g/mol. The van der Waals surface area contributed by atoms with Gasteiger partial charge in [0, 0.05) is 5.75 Å². The van der Waals surface area contributed by atoms with E-state index >= 15 is 0 Å². The minimum atomic E-state index is -0.588. The number of hydrogen-bond acceptors (Lipinski definition) is 4. The lowest BCUT2D eigenvalue weighted by Gasteiger charge is -2.39. The van der Waals surface area contributed by atoms with Crippen molar-refractivity contribution in [3.63, 3.8) is 0 Å². The molecule has 0 bridgehead atoms. The van der Waals surface area contributed by atoms with Crippen LogP contribution < -0.4 is 0 Å². The zero-order valence-electron chi connectivity index (χ0n) is 9.45. The Morgan fingerprint density at radius 3 is 2.33 bits per heavy atom. The maximum atomic E-state index is 11.3. The van der Waals surface area contributed by atoms with Crippen LogP contribution in [0.15, 0.2) is 0 Å². The highest BCUT2D eigenvalue weighted by molar-refractivity contribution is 7.80. The smallest absolute Gasteiger partial charge is 0.307 e. The first-order valence-electron chi connectivity index (χ1n) is 5.42. The van der Waals surface area contributed by atoms with Gasteiger partial charge >= 0.3 is 5.97 Å². The van der Waals surface area contributed by atoms with E-state index in [1.165, 1.54) is 0 Å². The maximum Gasteiger partial charge on any atom is 0.307 e. The molecule has 3 nitrogen and oxygen atoms in total. The van der Waals surface area contributed by atoms with Crippen LogP contribution in [0, 0.1) is 0 Å². The minimum absolute atomic E-state index is 0.186. The zero-order chi connectivity index (χ0) is 11.5. The van der Waals surface area contributed by atoms with Crippen molar-refractivity contribution in [3.8, 4) is 0 Å². The van der Waals surface area contributed by atoms with Gasteiger partial charge in [-0.15, -0.1) is 0 Å². The normalized spacial score (nSPS) is 36.3. The summed E-state index contributed by atoms with van der Waals surface area (Å²) in [7, 11) is 0. The highest BCUT2D eigenvalue weighted by Crippen LogP contribution is 2.36. The summed E-state index contributed by atoms with van der Waals surface area (Å²) in [4.78, 5) is 11.3. The molecule has 0 aromatic heterocycles. The largest absolute Gasteiger partial charge is 0.459 e. The number of esters is 1. The molecule has 1 aliphatic rings. The van der Waals surface area contributed by atoms with E-state index in [4.69, 9.17) is 4.74 Å². The molecule has 1 saturated carbocycles. The van der Waals surface area contributed by atoms with Crippen LogP contribution in [0.3, 0.4) is 0 Å². The molecule has 0 unspecified atom stereocenters. The molecule has 0 amide bonds. The van der Waals surface area contributed by atoms with Crippen molar-refractivity contribution < 1.29 is 14.6 Å². The maximum absolute atomic E-state index is 11.3. The van der Waals surface area contributed by atoms with Crippen LogP contribution in [0.25, 0.3) is 0 Å². The molecule has 88 valence electrons.